The number of rotatable bonds is 4. The van der Waals surface area contributed by atoms with E-state index in [1.165, 1.54) is 0 Å². The quantitative estimate of drug-likeness (QED) is 0.661. The molecule has 0 unspecified atom stereocenters. The maximum Gasteiger partial charge on any atom is 0.307 e. The molecule has 0 fully saturated rings. The van der Waals surface area contributed by atoms with Gasteiger partial charge < -0.3 is 10.5 Å². The minimum Gasteiger partial charge on any atom is -0.466 e. The molecule has 0 saturated heterocycles. The van der Waals surface area contributed by atoms with Crippen LogP contribution in [-0.2, 0) is 9.53 Å². The van der Waals surface area contributed by atoms with Crippen LogP contribution in [0.25, 0.3) is 0 Å². The molecule has 0 spiro atoms. The molecule has 68 valence electrons. The van der Waals surface area contributed by atoms with Crippen molar-refractivity contribution >= 4 is 18.4 Å². The highest BCUT2D eigenvalue weighted by Gasteiger charge is 2.04. The number of halogens is 1. The van der Waals surface area contributed by atoms with Crippen LogP contribution in [0.15, 0.2) is 0 Å². The Kier molecular flexibility index (Phi) is 9.47. The molecule has 0 saturated carbocycles. The second-order valence-corrected chi connectivity index (χ2v) is 2.40. The van der Waals surface area contributed by atoms with Gasteiger partial charge in [-0.05, 0) is 13.3 Å². The average Bonchev–Trinajstić information content (AvgIpc) is 1.82. The molecule has 0 aliphatic carbocycles. The Morgan fingerprint density at radius 1 is 1.64 bits per heavy atom. The zero-order chi connectivity index (χ0) is 7.98. The second-order valence-electron chi connectivity index (χ2n) is 2.40. The maximum atomic E-state index is 10.7. The van der Waals surface area contributed by atoms with Crippen LogP contribution < -0.4 is 5.73 Å². The van der Waals surface area contributed by atoms with Crippen LogP contribution in [0.4, 0.5) is 0 Å². The van der Waals surface area contributed by atoms with Gasteiger partial charge in [0.15, 0.2) is 0 Å². The van der Waals surface area contributed by atoms with Crippen molar-refractivity contribution in [3.8, 4) is 0 Å². The molecule has 0 bridgehead atoms. The van der Waals surface area contributed by atoms with E-state index in [0.29, 0.717) is 13.0 Å². The van der Waals surface area contributed by atoms with Crippen molar-refractivity contribution in [3.63, 3.8) is 0 Å². The summed E-state index contributed by atoms with van der Waals surface area (Å²) in [6.07, 6.45) is 1.19. The second kappa shape index (κ2) is 7.82. The van der Waals surface area contributed by atoms with Crippen molar-refractivity contribution in [2.24, 2.45) is 5.73 Å². The van der Waals surface area contributed by atoms with Crippen LogP contribution in [0.1, 0.15) is 26.7 Å². The zero-order valence-electron chi connectivity index (χ0n) is 7.00. The van der Waals surface area contributed by atoms with Gasteiger partial charge in [0.25, 0.3) is 0 Å². The first-order valence-corrected chi connectivity index (χ1v) is 3.58. The number of nitrogens with two attached hydrogens (primary N) is 1. The molecule has 3 nitrogen and oxygen atoms in total. The van der Waals surface area contributed by atoms with E-state index in [2.05, 4.69) is 0 Å². The zero-order valence-corrected chi connectivity index (χ0v) is 7.82. The monoisotopic (exact) mass is 181 g/mol. The summed E-state index contributed by atoms with van der Waals surface area (Å²) >= 11 is 0. The summed E-state index contributed by atoms with van der Waals surface area (Å²) in [7, 11) is 0. The van der Waals surface area contributed by atoms with Crippen LogP contribution in [0.3, 0.4) is 0 Å². The Morgan fingerprint density at radius 3 is 2.55 bits per heavy atom. The summed E-state index contributed by atoms with van der Waals surface area (Å²) in [5, 5.41) is 0. The van der Waals surface area contributed by atoms with Gasteiger partial charge in [0.1, 0.15) is 0 Å². The summed E-state index contributed by atoms with van der Waals surface area (Å²) < 4.78 is 4.78. The molecule has 0 heterocycles. The molecule has 0 rings (SSSR count). The van der Waals surface area contributed by atoms with E-state index in [1.807, 2.05) is 6.92 Å². The van der Waals surface area contributed by atoms with Crippen LogP contribution in [0.2, 0.25) is 0 Å². The summed E-state index contributed by atoms with van der Waals surface area (Å²) in [6, 6.07) is -0.0932. The Balaban J connectivity index is 0. The lowest BCUT2D eigenvalue weighted by Gasteiger charge is -2.04. The van der Waals surface area contributed by atoms with Gasteiger partial charge in [-0.15, -0.1) is 12.4 Å². The minimum atomic E-state index is -0.197. The number of hydrogen-bond donors (Lipinski definition) is 1. The highest BCUT2D eigenvalue weighted by Crippen LogP contribution is 1.91. The molecule has 1 atom stereocenters. The van der Waals surface area contributed by atoms with Crippen molar-refractivity contribution in [2.45, 2.75) is 32.7 Å². The molecule has 0 aromatic carbocycles. The molecule has 11 heavy (non-hydrogen) atoms. The predicted molar refractivity (Wildman–Crippen MR) is 46.8 cm³/mol. The fraction of sp³-hybridized carbons (Fsp3) is 0.857. The SMILES string of the molecule is CCCOC(=O)C[C@@H](C)N.Cl. The van der Waals surface area contributed by atoms with E-state index in [0.717, 1.165) is 6.42 Å². The first-order chi connectivity index (χ1) is 4.66. The van der Waals surface area contributed by atoms with Gasteiger partial charge in [-0.3, -0.25) is 4.79 Å². The van der Waals surface area contributed by atoms with Crippen molar-refractivity contribution in [3.05, 3.63) is 0 Å². The van der Waals surface area contributed by atoms with E-state index in [-0.39, 0.29) is 24.4 Å². The molecule has 4 heteroatoms. The lowest BCUT2D eigenvalue weighted by Crippen LogP contribution is -2.21. The Labute approximate surface area is 73.7 Å². The van der Waals surface area contributed by atoms with E-state index in [1.54, 1.807) is 6.92 Å². The van der Waals surface area contributed by atoms with Crippen LogP contribution in [0.5, 0.6) is 0 Å². The molecule has 0 aliphatic heterocycles. The normalized spacial score (nSPS) is 11.5. The Bertz CT molecular complexity index is 107. The van der Waals surface area contributed by atoms with E-state index < -0.39 is 0 Å². The third-order valence-electron chi connectivity index (χ3n) is 0.956. The van der Waals surface area contributed by atoms with Crippen molar-refractivity contribution < 1.29 is 9.53 Å². The number of hydrogen-bond acceptors (Lipinski definition) is 3. The summed E-state index contributed by atoms with van der Waals surface area (Å²) in [5.41, 5.74) is 5.36. The van der Waals surface area contributed by atoms with Gasteiger partial charge >= 0.3 is 5.97 Å². The largest absolute Gasteiger partial charge is 0.466 e. The number of esters is 1. The van der Waals surface area contributed by atoms with Crippen molar-refractivity contribution in [2.75, 3.05) is 6.61 Å². The maximum absolute atomic E-state index is 10.7. The summed E-state index contributed by atoms with van der Waals surface area (Å²) in [5.74, 6) is -0.197. The molecule has 0 radical (unpaired) electrons. The molecule has 0 aliphatic rings. The highest BCUT2D eigenvalue weighted by molar-refractivity contribution is 5.85. The lowest BCUT2D eigenvalue weighted by molar-refractivity contribution is -0.143. The van der Waals surface area contributed by atoms with Gasteiger partial charge in [-0.25, -0.2) is 0 Å². The lowest BCUT2D eigenvalue weighted by atomic mass is 10.2. The Hall–Kier alpha value is -0.280. The highest BCUT2D eigenvalue weighted by atomic mass is 35.5. The van der Waals surface area contributed by atoms with Crippen LogP contribution in [-0.4, -0.2) is 18.6 Å². The third kappa shape index (κ3) is 9.72. The molecule has 2 N–H and O–H groups in total. The Morgan fingerprint density at radius 2 is 2.18 bits per heavy atom. The molecular weight excluding hydrogens is 166 g/mol. The standard InChI is InChI=1S/C7H15NO2.ClH/c1-3-4-10-7(9)5-6(2)8;/h6H,3-5,8H2,1-2H3;1H/t6-;/m1./s1. The molecule has 0 aromatic rings. The van der Waals surface area contributed by atoms with Gasteiger partial charge in [0.05, 0.1) is 13.0 Å². The van der Waals surface area contributed by atoms with Gasteiger partial charge in [-0.1, -0.05) is 6.92 Å². The predicted octanol–water partition coefficient (Wildman–Crippen LogP) is 1.10. The van der Waals surface area contributed by atoms with E-state index in [9.17, 15) is 4.79 Å². The number of carbonyl (C=O) groups excluding carboxylic acids is 1. The fourth-order valence-corrected chi connectivity index (χ4v) is 0.538. The van der Waals surface area contributed by atoms with Crippen molar-refractivity contribution in [1.82, 2.24) is 0 Å². The molecular formula is C7H16ClNO2. The summed E-state index contributed by atoms with van der Waals surface area (Å²) in [4.78, 5) is 10.7. The minimum absolute atomic E-state index is 0. The van der Waals surface area contributed by atoms with Gasteiger partial charge in [0, 0.05) is 6.04 Å². The van der Waals surface area contributed by atoms with Crippen LogP contribution in [0, 0.1) is 0 Å². The van der Waals surface area contributed by atoms with Crippen LogP contribution >= 0.6 is 12.4 Å². The topological polar surface area (TPSA) is 52.3 Å². The first-order valence-electron chi connectivity index (χ1n) is 3.58. The number of carbonyl (C=O) groups is 1. The smallest absolute Gasteiger partial charge is 0.307 e. The number of ether oxygens (including phenoxy) is 1. The van der Waals surface area contributed by atoms with Gasteiger partial charge in [0.2, 0.25) is 0 Å². The third-order valence-corrected chi connectivity index (χ3v) is 0.956. The first kappa shape index (κ1) is 13.3. The van der Waals surface area contributed by atoms with E-state index >= 15 is 0 Å². The van der Waals surface area contributed by atoms with E-state index in [4.69, 9.17) is 10.5 Å². The average molecular weight is 182 g/mol. The molecule has 0 aromatic heterocycles. The molecule has 0 amide bonds. The van der Waals surface area contributed by atoms with Crippen molar-refractivity contribution in [1.29, 1.82) is 0 Å². The fourth-order valence-electron chi connectivity index (χ4n) is 0.538. The summed E-state index contributed by atoms with van der Waals surface area (Å²) in [6.45, 7) is 4.25. The van der Waals surface area contributed by atoms with Gasteiger partial charge in [-0.2, -0.15) is 0 Å².